The van der Waals surface area contributed by atoms with Crippen LogP contribution < -0.4 is 5.73 Å². The molecule has 0 aliphatic carbocycles. The van der Waals surface area contributed by atoms with Gasteiger partial charge < -0.3 is 5.73 Å². The fourth-order valence-corrected chi connectivity index (χ4v) is 1.62. The van der Waals surface area contributed by atoms with Crippen molar-refractivity contribution >= 4 is 5.82 Å². The molecule has 4 heteroatoms. The van der Waals surface area contributed by atoms with Crippen molar-refractivity contribution < 1.29 is 0 Å². The lowest BCUT2D eigenvalue weighted by Crippen LogP contribution is -1.99. The molecule has 0 amide bonds. The van der Waals surface area contributed by atoms with Gasteiger partial charge in [-0.1, -0.05) is 17.7 Å². The first-order valence-corrected chi connectivity index (χ1v) is 5.22. The summed E-state index contributed by atoms with van der Waals surface area (Å²) in [5.41, 5.74) is 9.04. The van der Waals surface area contributed by atoms with Crippen LogP contribution in [-0.4, -0.2) is 9.97 Å². The molecule has 0 saturated heterocycles. The summed E-state index contributed by atoms with van der Waals surface area (Å²) < 4.78 is 0. The number of nitrogens with zero attached hydrogens (tertiary/aromatic N) is 3. The topological polar surface area (TPSA) is 75.6 Å². The predicted molar refractivity (Wildman–Crippen MR) is 66.1 cm³/mol. The molecule has 1 aromatic carbocycles. The average Bonchev–Trinajstić information content (AvgIpc) is 2.31. The molecular weight excluding hydrogens is 212 g/mol. The van der Waals surface area contributed by atoms with E-state index in [0.717, 1.165) is 16.7 Å². The largest absolute Gasteiger partial charge is 0.384 e. The molecule has 0 aliphatic rings. The van der Waals surface area contributed by atoms with E-state index in [1.165, 1.54) is 6.07 Å². The number of hydrogen-bond donors (Lipinski definition) is 1. The quantitative estimate of drug-likeness (QED) is 0.805. The highest BCUT2D eigenvalue weighted by atomic mass is 14.9. The van der Waals surface area contributed by atoms with Gasteiger partial charge in [-0.15, -0.1) is 0 Å². The molecule has 0 radical (unpaired) electrons. The molecule has 17 heavy (non-hydrogen) atoms. The summed E-state index contributed by atoms with van der Waals surface area (Å²) in [6.45, 7) is 3.98. The molecule has 4 nitrogen and oxygen atoms in total. The van der Waals surface area contributed by atoms with Crippen LogP contribution in [0, 0.1) is 25.2 Å². The van der Waals surface area contributed by atoms with Crippen LogP contribution in [0.4, 0.5) is 5.82 Å². The van der Waals surface area contributed by atoms with Crippen LogP contribution in [0.5, 0.6) is 0 Å². The van der Waals surface area contributed by atoms with Gasteiger partial charge in [-0.3, -0.25) is 0 Å². The van der Waals surface area contributed by atoms with E-state index in [0.29, 0.717) is 11.6 Å². The van der Waals surface area contributed by atoms with Gasteiger partial charge >= 0.3 is 0 Å². The van der Waals surface area contributed by atoms with Gasteiger partial charge in [0.05, 0.1) is 0 Å². The molecule has 0 atom stereocenters. The smallest absolute Gasteiger partial charge is 0.163 e. The Morgan fingerprint density at radius 2 is 1.94 bits per heavy atom. The molecular formula is C13H12N4. The normalized spacial score (nSPS) is 9.94. The van der Waals surface area contributed by atoms with Crippen LogP contribution in [0.25, 0.3) is 11.4 Å². The fourth-order valence-electron chi connectivity index (χ4n) is 1.62. The van der Waals surface area contributed by atoms with E-state index >= 15 is 0 Å². The Morgan fingerprint density at radius 1 is 1.18 bits per heavy atom. The van der Waals surface area contributed by atoms with E-state index in [2.05, 4.69) is 9.97 Å². The van der Waals surface area contributed by atoms with Gasteiger partial charge in [-0.2, -0.15) is 5.26 Å². The van der Waals surface area contributed by atoms with Crippen molar-refractivity contribution in [1.82, 2.24) is 9.97 Å². The summed E-state index contributed by atoms with van der Waals surface area (Å²) in [7, 11) is 0. The van der Waals surface area contributed by atoms with Crippen molar-refractivity contribution in [1.29, 1.82) is 5.26 Å². The van der Waals surface area contributed by atoms with E-state index in [9.17, 15) is 0 Å². The highest BCUT2D eigenvalue weighted by molar-refractivity contribution is 5.62. The Morgan fingerprint density at radius 3 is 2.65 bits per heavy atom. The Labute approximate surface area is 99.8 Å². The number of aromatic nitrogens is 2. The fraction of sp³-hybridized carbons (Fsp3) is 0.154. The van der Waals surface area contributed by atoms with Crippen LogP contribution in [0.3, 0.4) is 0 Å². The molecule has 0 aliphatic heterocycles. The van der Waals surface area contributed by atoms with E-state index in [-0.39, 0.29) is 5.69 Å². The molecule has 0 saturated carbocycles. The third-order valence-electron chi connectivity index (χ3n) is 2.49. The first-order valence-electron chi connectivity index (χ1n) is 5.22. The van der Waals surface area contributed by atoms with Gasteiger partial charge in [-0.25, -0.2) is 9.97 Å². The minimum Gasteiger partial charge on any atom is -0.384 e. The average molecular weight is 224 g/mol. The van der Waals surface area contributed by atoms with E-state index in [1.807, 2.05) is 38.1 Å². The summed E-state index contributed by atoms with van der Waals surface area (Å²) in [6.07, 6.45) is 0. The first kappa shape index (κ1) is 11.1. The molecule has 1 aromatic heterocycles. The molecule has 0 fully saturated rings. The summed E-state index contributed by atoms with van der Waals surface area (Å²) in [4.78, 5) is 8.34. The van der Waals surface area contributed by atoms with E-state index < -0.39 is 0 Å². The second-order valence-electron chi connectivity index (χ2n) is 3.93. The third-order valence-corrected chi connectivity index (χ3v) is 2.49. The van der Waals surface area contributed by atoms with Gasteiger partial charge in [0.15, 0.2) is 5.82 Å². The van der Waals surface area contributed by atoms with Gasteiger partial charge in [0, 0.05) is 11.6 Å². The highest BCUT2D eigenvalue weighted by Gasteiger charge is 2.08. The number of nitrogen functional groups attached to an aromatic ring is 1. The predicted octanol–water partition coefficient (Wildman–Crippen LogP) is 2.21. The summed E-state index contributed by atoms with van der Waals surface area (Å²) in [5.74, 6) is 0.815. The summed E-state index contributed by atoms with van der Waals surface area (Å²) in [6, 6.07) is 9.47. The Kier molecular flexibility index (Phi) is 2.75. The molecule has 0 unspecified atom stereocenters. The van der Waals surface area contributed by atoms with Crippen molar-refractivity contribution in [2.24, 2.45) is 0 Å². The molecule has 1 heterocycles. The number of aryl methyl sites for hydroxylation is 2. The minimum absolute atomic E-state index is 0.286. The van der Waals surface area contributed by atoms with Crippen LogP contribution in [0.2, 0.25) is 0 Å². The zero-order valence-corrected chi connectivity index (χ0v) is 9.73. The van der Waals surface area contributed by atoms with Crippen molar-refractivity contribution in [2.75, 3.05) is 5.73 Å². The SMILES string of the molecule is Cc1ccc(C)c(-c2nc(N)cc(C#N)n2)c1. The number of nitrogens with two attached hydrogens (primary N) is 1. The van der Waals surface area contributed by atoms with Crippen molar-refractivity contribution in [3.63, 3.8) is 0 Å². The maximum atomic E-state index is 8.86. The van der Waals surface area contributed by atoms with Crippen molar-refractivity contribution in [3.05, 3.63) is 41.1 Å². The number of rotatable bonds is 1. The molecule has 0 bridgehead atoms. The van der Waals surface area contributed by atoms with Crippen LogP contribution >= 0.6 is 0 Å². The maximum Gasteiger partial charge on any atom is 0.163 e. The van der Waals surface area contributed by atoms with Crippen LogP contribution in [0.15, 0.2) is 24.3 Å². The molecule has 2 aromatic rings. The molecule has 84 valence electrons. The second-order valence-corrected chi connectivity index (χ2v) is 3.93. The monoisotopic (exact) mass is 224 g/mol. The first-order chi connectivity index (χ1) is 8.10. The van der Waals surface area contributed by atoms with Crippen LogP contribution in [0.1, 0.15) is 16.8 Å². The Bertz CT molecular complexity index is 611. The van der Waals surface area contributed by atoms with Crippen LogP contribution in [-0.2, 0) is 0 Å². The van der Waals surface area contributed by atoms with Gasteiger partial charge in [-0.05, 0) is 25.5 Å². The van der Waals surface area contributed by atoms with Gasteiger partial charge in [0.2, 0.25) is 0 Å². The molecule has 2 N–H and O–H groups in total. The van der Waals surface area contributed by atoms with E-state index in [1.54, 1.807) is 0 Å². The zero-order chi connectivity index (χ0) is 12.4. The van der Waals surface area contributed by atoms with Crippen molar-refractivity contribution in [3.8, 4) is 17.5 Å². The number of hydrogen-bond acceptors (Lipinski definition) is 4. The van der Waals surface area contributed by atoms with Crippen molar-refractivity contribution in [2.45, 2.75) is 13.8 Å². The maximum absolute atomic E-state index is 8.86. The lowest BCUT2D eigenvalue weighted by Gasteiger charge is -2.06. The minimum atomic E-state index is 0.286. The molecule has 0 spiro atoms. The Balaban J connectivity index is 2.64. The lowest BCUT2D eigenvalue weighted by molar-refractivity contribution is 1.15. The number of benzene rings is 1. The van der Waals surface area contributed by atoms with Gasteiger partial charge in [0.25, 0.3) is 0 Å². The second kappa shape index (κ2) is 4.22. The lowest BCUT2D eigenvalue weighted by atomic mass is 10.1. The Hall–Kier alpha value is -2.41. The summed E-state index contributed by atoms with van der Waals surface area (Å²) >= 11 is 0. The highest BCUT2D eigenvalue weighted by Crippen LogP contribution is 2.22. The van der Waals surface area contributed by atoms with Gasteiger partial charge in [0.1, 0.15) is 17.6 Å². The summed E-state index contributed by atoms with van der Waals surface area (Å²) in [5, 5.41) is 8.86. The number of anilines is 1. The standard InChI is InChI=1S/C13H12N4/c1-8-3-4-9(2)11(5-8)13-16-10(7-14)6-12(15)17-13/h3-6H,1-2H3,(H2,15,16,17). The molecule has 2 rings (SSSR count). The number of nitriles is 1. The third kappa shape index (κ3) is 2.23. The van der Waals surface area contributed by atoms with E-state index in [4.69, 9.17) is 11.0 Å². The zero-order valence-electron chi connectivity index (χ0n) is 9.73.